The average Bonchev–Trinajstić information content (AvgIpc) is 2.59. The Morgan fingerprint density at radius 2 is 1.60 bits per heavy atom. The van der Waals surface area contributed by atoms with Crippen LogP contribution in [0.15, 0.2) is 34.9 Å². The molecular formula is C58H77IN2O21S3. The molecule has 470 valence electrons. The van der Waals surface area contributed by atoms with Crippen molar-refractivity contribution in [1.29, 1.82) is 0 Å². The Balaban J connectivity index is 1.02. The predicted octanol–water partition coefficient (Wildman–Crippen LogP) is 3.33. The molecule has 19 atom stereocenters. The van der Waals surface area contributed by atoms with Crippen molar-refractivity contribution in [2.75, 3.05) is 54.5 Å². The number of allylic oxidation sites excluding steroid dienone is 2. The van der Waals surface area contributed by atoms with E-state index < -0.39 is 133 Å². The van der Waals surface area contributed by atoms with Crippen LogP contribution < -0.4 is 25.0 Å². The van der Waals surface area contributed by atoms with Gasteiger partial charge in [-0.15, -0.1) is 0 Å². The molecule has 0 spiro atoms. The summed E-state index contributed by atoms with van der Waals surface area (Å²) in [6.07, 6.45) is -10.6. The number of esters is 1. The van der Waals surface area contributed by atoms with Gasteiger partial charge in [0.15, 0.2) is 41.8 Å². The van der Waals surface area contributed by atoms with Crippen LogP contribution in [0.2, 0.25) is 0 Å². The number of hydrogen-bond acceptors (Lipinski definition) is 26. The van der Waals surface area contributed by atoms with Crippen LogP contribution in [-0.2, 0) is 57.1 Å². The first kappa shape index (κ1) is 67.8. The maximum absolute atomic E-state index is 14.5. The summed E-state index contributed by atoms with van der Waals surface area (Å²) in [5.74, 6) is 11.0. The summed E-state index contributed by atoms with van der Waals surface area (Å²) in [6, 6.07) is -1.24. The lowest BCUT2D eigenvalue weighted by Gasteiger charge is -2.46. The molecule has 27 heteroatoms. The zero-order valence-corrected chi connectivity index (χ0v) is 53.5. The van der Waals surface area contributed by atoms with Crippen molar-refractivity contribution in [3.8, 4) is 40.9 Å². The van der Waals surface area contributed by atoms with Gasteiger partial charge in [0.05, 0.1) is 97.8 Å². The van der Waals surface area contributed by atoms with Crippen LogP contribution in [0, 0.1) is 34.2 Å². The van der Waals surface area contributed by atoms with E-state index in [2.05, 4.69) is 34.5 Å². The lowest BCUT2D eigenvalue weighted by Crippen LogP contribution is -2.65. The molecule has 4 saturated heterocycles. The molecule has 85 heavy (non-hydrogen) atoms. The van der Waals surface area contributed by atoms with E-state index in [-0.39, 0.29) is 71.1 Å². The smallest absolute Gasteiger partial charge is 0.310 e. The summed E-state index contributed by atoms with van der Waals surface area (Å²) in [4.78, 5) is 47.9. The maximum Gasteiger partial charge on any atom is 0.310 e. The van der Waals surface area contributed by atoms with Crippen molar-refractivity contribution in [1.82, 2.24) is 10.8 Å². The average molecular weight is 1360 g/mol. The maximum atomic E-state index is 14.5. The second-order valence-electron chi connectivity index (χ2n) is 21.4. The van der Waals surface area contributed by atoms with Crippen LogP contribution in [-0.4, -0.2) is 217 Å². The van der Waals surface area contributed by atoms with Crippen LogP contribution in [0.3, 0.4) is 0 Å². The summed E-state index contributed by atoms with van der Waals surface area (Å²) in [7, 11) is 10.2. The monoisotopic (exact) mass is 1360 g/mol. The molecule has 1 aromatic carbocycles. The highest BCUT2D eigenvalue weighted by Crippen LogP contribution is 2.49. The van der Waals surface area contributed by atoms with E-state index >= 15 is 0 Å². The molecular weight excluding hydrogens is 1280 g/mol. The van der Waals surface area contributed by atoms with Gasteiger partial charge in [0.1, 0.15) is 36.6 Å². The standard InChI is InChI=1S/C58H77IN2O21S3/c1-11-60-34-26-75-40(24-38(34)70-6)80-52-47(66)45(28(3)77-57(52)79-37-16-14-12-13-15-20-58(69)25-36(63)32(22-39(64)71-7)43(37)33(58)19-21-83-85-31-17-18-31)61-82-41-23-35(62)54(30(5)76-41)84-55(68)42-27(2)44(59)50(53(74-10)49(42)72-8)81-56-48(67)51(73-9)46(65)29(4)78-56/h12-13,19,28-31,34-35,37-38,40-41,45-48,51-52,54,56-57,60-62,65-67,69H,11,17-18,21-26H2,1-10H3/b13-12-,33-19+/t28?,29?,30?,34?,35?,37-,38?,40?,41?,45?,46?,47?,48?,51?,52?,54?,56?,57?,58+/m1/s1. The number of ketones is 1. The molecule has 1 aromatic rings. The summed E-state index contributed by atoms with van der Waals surface area (Å²) in [5.41, 5.74) is 1.87. The van der Waals surface area contributed by atoms with E-state index in [4.69, 9.17) is 61.7 Å². The number of thioether (sulfide) groups is 1. The van der Waals surface area contributed by atoms with Gasteiger partial charge in [-0.25, -0.2) is 0 Å². The van der Waals surface area contributed by atoms with Gasteiger partial charge < -0.3 is 87.7 Å². The molecule has 4 aliphatic heterocycles. The number of Topliss-reactive ketones (excluding diaryl/α,β-unsaturated/α-hetero) is 1. The number of rotatable bonds is 23. The van der Waals surface area contributed by atoms with Crippen LogP contribution >= 0.6 is 55.9 Å². The fourth-order valence-corrected chi connectivity index (χ4v) is 15.1. The van der Waals surface area contributed by atoms with Gasteiger partial charge in [0, 0.05) is 54.8 Å². The van der Waals surface area contributed by atoms with E-state index in [1.165, 1.54) is 40.6 Å². The van der Waals surface area contributed by atoms with Gasteiger partial charge in [-0.1, -0.05) is 70.0 Å². The first-order valence-corrected chi connectivity index (χ1v) is 32.4. The molecule has 5 fully saturated rings. The highest BCUT2D eigenvalue weighted by atomic mass is 127. The second kappa shape index (κ2) is 30.6. The quantitative estimate of drug-likeness (QED) is 0.0206. The van der Waals surface area contributed by atoms with Gasteiger partial charge in [-0.3, -0.25) is 19.2 Å². The summed E-state index contributed by atoms with van der Waals surface area (Å²) >= 11 is 2.84. The number of hydrogen-bond donors (Lipinski definition) is 7. The lowest BCUT2D eigenvalue weighted by atomic mass is 9.72. The summed E-state index contributed by atoms with van der Waals surface area (Å²) in [5, 5.41) is 60.9. The van der Waals surface area contributed by atoms with Crippen LogP contribution in [0.25, 0.3) is 0 Å². The van der Waals surface area contributed by atoms with Crippen molar-refractivity contribution in [2.45, 2.75) is 194 Å². The topological polar surface area (TPSA) is 296 Å². The number of ether oxygens (including phenoxy) is 12. The Morgan fingerprint density at radius 3 is 2.27 bits per heavy atom. The van der Waals surface area contributed by atoms with Gasteiger partial charge in [-0.2, -0.15) is 5.48 Å². The highest BCUT2D eigenvalue weighted by Gasteiger charge is 2.52. The number of benzene rings is 1. The van der Waals surface area contributed by atoms with Gasteiger partial charge in [0.25, 0.3) is 0 Å². The van der Waals surface area contributed by atoms with E-state index in [0.29, 0.717) is 26.7 Å². The number of carbonyl (C=O) groups is 3. The van der Waals surface area contributed by atoms with Crippen LogP contribution in [0.1, 0.15) is 82.1 Å². The van der Waals surface area contributed by atoms with Crippen molar-refractivity contribution in [2.24, 2.45) is 0 Å². The number of hydroxylamine groups is 1. The molecule has 23 nitrogen and oxygen atoms in total. The first-order valence-electron chi connectivity index (χ1n) is 28.1. The lowest BCUT2D eigenvalue weighted by molar-refractivity contribution is -0.336. The molecule has 0 aromatic heterocycles. The second-order valence-corrected chi connectivity index (χ2v) is 26.3. The molecule has 4 heterocycles. The third kappa shape index (κ3) is 15.7. The first-order chi connectivity index (χ1) is 40.7. The molecule has 1 saturated carbocycles. The number of aliphatic hydroxyl groups is 5. The predicted molar refractivity (Wildman–Crippen MR) is 320 cm³/mol. The fourth-order valence-electron chi connectivity index (χ4n) is 10.9. The van der Waals surface area contributed by atoms with Crippen LogP contribution in [0.5, 0.6) is 17.2 Å². The normalized spacial score (nSPS) is 36.6. The minimum Gasteiger partial charge on any atom is -0.492 e. The van der Waals surface area contributed by atoms with Crippen molar-refractivity contribution >= 4 is 72.8 Å². The Bertz CT molecular complexity index is 2770. The number of likely N-dealkylation sites (N-methyl/N-ethyl adjacent to an activating group) is 1. The van der Waals surface area contributed by atoms with E-state index in [1.807, 2.05) is 29.5 Å². The molecule has 3 aliphatic carbocycles. The Kier molecular flexibility index (Phi) is 24.4. The zero-order chi connectivity index (χ0) is 61.4. The zero-order valence-electron chi connectivity index (χ0n) is 48.9. The Labute approximate surface area is 520 Å². The van der Waals surface area contributed by atoms with Crippen LogP contribution in [0.4, 0.5) is 0 Å². The fraction of sp³-hybridized carbons (Fsp3) is 0.672. The van der Waals surface area contributed by atoms with Gasteiger partial charge in [-0.05, 0) is 87.4 Å². The van der Waals surface area contributed by atoms with E-state index in [0.717, 1.165) is 24.6 Å². The molecule has 7 aliphatic rings. The molecule has 2 bridgehead atoms. The number of methoxy groups -OCH3 is 5. The number of halogens is 1. The number of fused-ring (bicyclic) bond motifs is 2. The number of aliphatic hydroxyl groups excluding tert-OH is 4. The molecule has 8 rings (SSSR count). The number of carbonyl (C=O) groups excluding carboxylic acids is 3. The SMILES string of the molecule is CCNC1COC(OC2C(O[C@@H]3C#C/C=C\C#C[C@]4(O)CC(=O)C(CC(=O)OC)=C3/C4=C\CSSC3CC3)OC(C)C(NOC3CC(O)C(SC(=O)c4c(C)c(I)c(OC5OC(C)C(O)C(OC)C5O)c(OC)c4OC)C(C)O3)C2O)CC1OC. The largest absolute Gasteiger partial charge is 0.492 e. The molecule has 17 unspecified atom stereocenters. The minimum absolute atomic E-state index is 0.0153. The van der Waals surface area contributed by atoms with Crippen molar-refractivity contribution in [3.05, 3.63) is 49.6 Å². The Hall–Kier alpha value is -3.09. The van der Waals surface area contributed by atoms with Crippen molar-refractivity contribution < 1.29 is 102 Å². The number of nitrogens with one attached hydrogen (secondary N) is 2. The van der Waals surface area contributed by atoms with Crippen molar-refractivity contribution in [3.63, 3.8) is 0 Å². The summed E-state index contributed by atoms with van der Waals surface area (Å²) < 4.78 is 72.9. The van der Waals surface area contributed by atoms with E-state index in [9.17, 15) is 39.9 Å². The Morgan fingerprint density at radius 1 is 0.871 bits per heavy atom. The van der Waals surface area contributed by atoms with E-state index in [1.54, 1.807) is 62.5 Å². The molecule has 0 radical (unpaired) electrons. The third-order valence-electron chi connectivity index (χ3n) is 15.6. The summed E-state index contributed by atoms with van der Waals surface area (Å²) in [6.45, 7) is 9.48. The van der Waals surface area contributed by atoms with Gasteiger partial charge in [0.2, 0.25) is 17.2 Å². The van der Waals surface area contributed by atoms with Gasteiger partial charge >= 0.3 is 5.97 Å². The molecule has 7 N–H and O–H groups in total. The highest BCUT2D eigenvalue weighted by molar-refractivity contribution is 14.1. The minimum atomic E-state index is -2.00. The third-order valence-corrected chi connectivity index (χ3v) is 21.1. The molecule has 0 amide bonds.